The largest absolute Gasteiger partial charge is 0.393 e. The SMILES string of the molecule is CC(Nc1nc(Cl)ncc1I)C(F)CO. The van der Waals surface area contributed by atoms with Gasteiger partial charge in [0.05, 0.1) is 16.2 Å². The van der Waals surface area contributed by atoms with E-state index in [-0.39, 0.29) is 5.28 Å². The van der Waals surface area contributed by atoms with Gasteiger partial charge in [-0.1, -0.05) is 0 Å². The number of aromatic nitrogens is 2. The summed E-state index contributed by atoms with van der Waals surface area (Å²) in [5.74, 6) is 0.471. The van der Waals surface area contributed by atoms with Crippen molar-refractivity contribution < 1.29 is 9.50 Å². The predicted molar refractivity (Wildman–Crippen MR) is 64.8 cm³/mol. The Kier molecular flexibility index (Phi) is 4.94. The van der Waals surface area contributed by atoms with E-state index in [1.54, 1.807) is 6.92 Å². The van der Waals surface area contributed by atoms with E-state index in [9.17, 15) is 4.39 Å². The van der Waals surface area contributed by atoms with Crippen LogP contribution in [-0.4, -0.2) is 33.9 Å². The van der Waals surface area contributed by atoms with Crippen LogP contribution in [0.3, 0.4) is 0 Å². The lowest BCUT2D eigenvalue weighted by molar-refractivity contribution is 0.165. The summed E-state index contributed by atoms with van der Waals surface area (Å²) in [7, 11) is 0. The highest BCUT2D eigenvalue weighted by Crippen LogP contribution is 2.18. The first kappa shape index (κ1) is 12.9. The molecule has 7 heteroatoms. The van der Waals surface area contributed by atoms with Gasteiger partial charge in [-0.25, -0.2) is 9.37 Å². The van der Waals surface area contributed by atoms with Crippen LogP contribution in [0.15, 0.2) is 6.20 Å². The average Bonchev–Trinajstić information content (AvgIpc) is 2.22. The molecule has 0 bridgehead atoms. The van der Waals surface area contributed by atoms with Gasteiger partial charge in [0.1, 0.15) is 12.0 Å². The van der Waals surface area contributed by atoms with Gasteiger partial charge >= 0.3 is 0 Å². The number of aliphatic hydroxyl groups excluding tert-OH is 1. The first-order valence-electron chi connectivity index (χ1n) is 4.24. The summed E-state index contributed by atoms with van der Waals surface area (Å²) in [5.41, 5.74) is 0. The molecule has 0 aromatic carbocycles. The van der Waals surface area contributed by atoms with Crippen LogP contribution in [0.25, 0.3) is 0 Å². The maximum Gasteiger partial charge on any atom is 0.224 e. The fourth-order valence-corrected chi connectivity index (χ4v) is 1.46. The van der Waals surface area contributed by atoms with Crippen molar-refractivity contribution in [2.24, 2.45) is 0 Å². The van der Waals surface area contributed by atoms with Crippen molar-refractivity contribution >= 4 is 40.0 Å². The van der Waals surface area contributed by atoms with Crippen molar-refractivity contribution in [2.45, 2.75) is 19.1 Å². The molecule has 0 aliphatic carbocycles. The van der Waals surface area contributed by atoms with E-state index in [1.807, 2.05) is 22.6 Å². The fraction of sp³-hybridized carbons (Fsp3) is 0.500. The van der Waals surface area contributed by atoms with Crippen LogP contribution in [0.5, 0.6) is 0 Å². The zero-order chi connectivity index (χ0) is 11.4. The third kappa shape index (κ3) is 3.69. The quantitative estimate of drug-likeness (QED) is 0.646. The Morgan fingerprint density at radius 1 is 1.73 bits per heavy atom. The van der Waals surface area contributed by atoms with Crippen LogP contribution < -0.4 is 5.32 Å². The van der Waals surface area contributed by atoms with Crippen LogP contribution in [0.4, 0.5) is 10.2 Å². The molecule has 0 radical (unpaired) electrons. The van der Waals surface area contributed by atoms with Crippen molar-refractivity contribution in [3.63, 3.8) is 0 Å². The molecule has 4 nitrogen and oxygen atoms in total. The summed E-state index contributed by atoms with van der Waals surface area (Å²) in [6, 6.07) is -0.533. The highest BCUT2D eigenvalue weighted by molar-refractivity contribution is 14.1. The molecule has 1 heterocycles. The van der Waals surface area contributed by atoms with Gasteiger partial charge in [0.2, 0.25) is 5.28 Å². The minimum Gasteiger partial charge on any atom is -0.393 e. The van der Waals surface area contributed by atoms with E-state index < -0.39 is 18.8 Å². The van der Waals surface area contributed by atoms with Crippen molar-refractivity contribution in [3.8, 4) is 0 Å². The van der Waals surface area contributed by atoms with E-state index in [2.05, 4.69) is 15.3 Å². The molecule has 0 aliphatic rings. The van der Waals surface area contributed by atoms with Crippen LogP contribution >= 0.6 is 34.2 Å². The molecular formula is C8H10ClFIN3O. The minimum atomic E-state index is -1.34. The molecule has 15 heavy (non-hydrogen) atoms. The highest BCUT2D eigenvalue weighted by Gasteiger charge is 2.16. The predicted octanol–water partition coefficient (Wildman–Crippen LogP) is 1.87. The molecule has 1 aromatic rings. The van der Waals surface area contributed by atoms with Crippen LogP contribution in [-0.2, 0) is 0 Å². The molecule has 1 aromatic heterocycles. The summed E-state index contributed by atoms with van der Waals surface area (Å²) in [6.07, 6.45) is 0.200. The van der Waals surface area contributed by atoms with Gasteiger partial charge in [0.15, 0.2) is 0 Å². The number of rotatable bonds is 4. The number of halogens is 3. The second-order valence-electron chi connectivity index (χ2n) is 2.97. The zero-order valence-electron chi connectivity index (χ0n) is 7.91. The number of nitrogens with one attached hydrogen (secondary N) is 1. The smallest absolute Gasteiger partial charge is 0.224 e. The second-order valence-corrected chi connectivity index (χ2v) is 4.47. The van der Waals surface area contributed by atoms with Crippen molar-refractivity contribution in [1.29, 1.82) is 0 Å². The zero-order valence-corrected chi connectivity index (χ0v) is 10.8. The van der Waals surface area contributed by atoms with Gasteiger partial charge in [0, 0.05) is 6.20 Å². The van der Waals surface area contributed by atoms with E-state index in [1.165, 1.54) is 6.20 Å². The Labute approximate surface area is 105 Å². The summed E-state index contributed by atoms with van der Waals surface area (Å²) in [5, 5.41) is 11.6. The fourth-order valence-electron chi connectivity index (χ4n) is 0.911. The number of hydrogen-bond donors (Lipinski definition) is 2. The Morgan fingerprint density at radius 3 is 3.00 bits per heavy atom. The average molecular weight is 346 g/mol. The first-order valence-corrected chi connectivity index (χ1v) is 5.69. The molecule has 0 saturated carbocycles. The lowest BCUT2D eigenvalue weighted by atomic mass is 10.2. The maximum atomic E-state index is 13.1. The Balaban J connectivity index is 2.75. The highest BCUT2D eigenvalue weighted by atomic mass is 127. The number of anilines is 1. The third-order valence-electron chi connectivity index (χ3n) is 1.80. The summed E-state index contributed by atoms with van der Waals surface area (Å²) >= 11 is 7.62. The number of hydrogen-bond acceptors (Lipinski definition) is 4. The Hall–Kier alpha value is -0.210. The van der Waals surface area contributed by atoms with Crippen LogP contribution in [0.2, 0.25) is 5.28 Å². The van der Waals surface area contributed by atoms with Crippen LogP contribution in [0.1, 0.15) is 6.92 Å². The van der Waals surface area contributed by atoms with E-state index in [4.69, 9.17) is 16.7 Å². The third-order valence-corrected chi connectivity index (χ3v) is 2.77. The molecule has 0 spiro atoms. The van der Waals surface area contributed by atoms with Gasteiger partial charge in [-0.05, 0) is 41.1 Å². The normalized spacial score (nSPS) is 14.7. The Bertz CT molecular complexity index is 342. The van der Waals surface area contributed by atoms with E-state index in [0.29, 0.717) is 5.82 Å². The molecule has 0 fully saturated rings. The van der Waals surface area contributed by atoms with Crippen LogP contribution in [0, 0.1) is 3.57 Å². The van der Waals surface area contributed by atoms with Gasteiger partial charge in [-0.3, -0.25) is 0 Å². The number of nitrogens with zero attached hydrogens (tertiary/aromatic N) is 2. The van der Waals surface area contributed by atoms with Crippen molar-refractivity contribution in [1.82, 2.24) is 9.97 Å². The molecule has 2 unspecified atom stereocenters. The Morgan fingerprint density at radius 2 is 2.40 bits per heavy atom. The van der Waals surface area contributed by atoms with Gasteiger partial charge in [0.25, 0.3) is 0 Å². The van der Waals surface area contributed by atoms with Crippen molar-refractivity contribution in [2.75, 3.05) is 11.9 Å². The summed E-state index contributed by atoms with van der Waals surface area (Å²) in [4.78, 5) is 7.69. The molecule has 84 valence electrons. The van der Waals surface area contributed by atoms with E-state index in [0.717, 1.165) is 3.57 Å². The molecule has 2 N–H and O–H groups in total. The standard InChI is InChI=1S/C8H10ClFIN3O/c1-4(5(10)3-15)13-7-6(11)2-12-8(9)14-7/h2,4-5,15H,3H2,1H3,(H,12,13,14). The molecular weight excluding hydrogens is 335 g/mol. The maximum absolute atomic E-state index is 13.1. The van der Waals surface area contributed by atoms with E-state index >= 15 is 0 Å². The molecule has 0 saturated heterocycles. The monoisotopic (exact) mass is 345 g/mol. The number of aliphatic hydroxyl groups is 1. The summed E-state index contributed by atoms with van der Waals surface area (Å²) in [6.45, 7) is 1.09. The van der Waals surface area contributed by atoms with Gasteiger partial charge in [-0.2, -0.15) is 4.98 Å². The summed E-state index contributed by atoms with van der Waals surface area (Å²) < 4.78 is 13.8. The topological polar surface area (TPSA) is 58.0 Å². The minimum absolute atomic E-state index is 0.101. The second kappa shape index (κ2) is 5.76. The van der Waals surface area contributed by atoms with Gasteiger partial charge in [-0.15, -0.1) is 0 Å². The van der Waals surface area contributed by atoms with Crippen molar-refractivity contribution in [3.05, 3.63) is 15.1 Å². The molecule has 0 amide bonds. The van der Waals surface area contributed by atoms with Gasteiger partial charge < -0.3 is 10.4 Å². The number of alkyl halides is 1. The molecule has 1 rings (SSSR count). The first-order chi connectivity index (χ1) is 7.04. The molecule has 0 aliphatic heterocycles. The molecule has 2 atom stereocenters. The lowest BCUT2D eigenvalue weighted by Crippen LogP contribution is -2.30. The lowest BCUT2D eigenvalue weighted by Gasteiger charge is -2.17.